The lowest BCUT2D eigenvalue weighted by Gasteiger charge is -2.34. The average Bonchev–Trinajstić information content (AvgIpc) is 2.60. The number of carbonyl (C=O) groups excluding carboxylic acids is 2. The molecule has 1 saturated heterocycles. The van der Waals surface area contributed by atoms with Gasteiger partial charge in [-0.2, -0.15) is 0 Å². The third-order valence-electron chi connectivity index (χ3n) is 4.15. The number of phenolic OH excluding ortho intramolecular Hbond substituents is 1. The van der Waals surface area contributed by atoms with E-state index >= 15 is 0 Å². The zero-order valence-corrected chi connectivity index (χ0v) is 15.1. The smallest absolute Gasteiger partial charge is 0.329 e. The number of nitrogens with zero attached hydrogens (tertiary/aromatic N) is 2. The number of hydrogen-bond donors (Lipinski definition) is 2. The minimum Gasteiger partial charge on any atom is -0.508 e. The molecule has 1 fully saturated rings. The quantitative estimate of drug-likeness (QED) is 0.781. The number of amides is 2. The fraction of sp³-hybridized carbons (Fsp3) is 0.556. The predicted molar refractivity (Wildman–Crippen MR) is 94.4 cm³/mol. The van der Waals surface area contributed by atoms with Gasteiger partial charge in [-0.3, -0.25) is 0 Å². The van der Waals surface area contributed by atoms with Crippen molar-refractivity contribution in [2.75, 3.05) is 33.2 Å². The van der Waals surface area contributed by atoms with Gasteiger partial charge in [-0.05, 0) is 31.5 Å². The Hall–Kier alpha value is -2.28. The Balaban J connectivity index is 2.15. The van der Waals surface area contributed by atoms with Crippen LogP contribution in [0.4, 0.5) is 4.79 Å². The monoisotopic (exact) mass is 349 g/mol. The topological polar surface area (TPSA) is 82.1 Å². The van der Waals surface area contributed by atoms with E-state index in [9.17, 15) is 14.7 Å². The molecule has 7 heteroatoms. The number of benzene rings is 1. The summed E-state index contributed by atoms with van der Waals surface area (Å²) in [4.78, 5) is 28.5. The molecule has 7 nitrogen and oxygen atoms in total. The molecule has 138 valence electrons. The van der Waals surface area contributed by atoms with E-state index in [4.69, 9.17) is 4.74 Å². The molecule has 2 rings (SSSR count). The first kappa shape index (κ1) is 19.1. The maximum absolute atomic E-state index is 12.8. The number of phenols is 1. The molecule has 2 amide bonds. The number of piperazine rings is 1. The predicted octanol–water partition coefficient (Wildman–Crippen LogP) is 1.21. The average molecular weight is 349 g/mol. The number of hydrogen-bond acceptors (Lipinski definition) is 5. The van der Waals surface area contributed by atoms with E-state index in [1.807, 2.05) is 0 Å². The second kappa shape index (κ2) is 8.71. The highest BCUT2D eigenvalue weighted by molar-refractivity contribution is 5.84. The molecule has 0 saturated carbocycles. The fourth-order valence-corrected chi connectivity index (χ4v) is 2.76. The van der Waals surface area contributed by atoms with Crippen molar-refractivity contribution >= 4 is 12.0 Å². The third kappa shape index (κ3) is 5.35. The number of ether oxygens (including phenoxy) is 1. The number of urea groups is 1. The second-order valence-corrected chi connectivity index (χ2v) is 6.50. The molecule has 0 bridgehead atoms. The summed E-state index contributed by atoms with van der Waals surface area (Å²) in [5, 5.41) is 12.6. The van der Waals surface area contributed by atoms with E-state index in [-0.39, 0.29) is 17.9 Å². The maximum atomic E-state index is 12.8. The van der Waals surface area contributed by atoms with Crippen LogP contribution < -0.4 is 5.32 Å². The van der Waals surface area contributed by atoms with Crippen LogP contribution >= 0.6 is 0 Å². The Morgan fingerprint density at radius 1 is 1.24 bits per heavy atom. The van der Waals surface area contributed by atoms with E-state index in [0.29, 0.717) is 19.5 Å². The SMILES string of the molecule is CC(C)OC(=O)[C@H](Cc1ccc(O)cc1)N(C)C(=O)N1CCNCC1. The van der Waals surface area contributed by atoms with Crippen LogP contribution in [-0.4, -0.2) is 72.3 Å². The molecule has 1 aliphatic rings. The molecule has 1 aromatic carbocycles. The minimum absolute atomic E-state index is 0.162. The highest BCUT2D eigenvalue weighted by atomic mass is 16.5. The van der Waals surface area contributed by atoms with Crippen LogP contribution in [0.2, 0.25) is 0 Å². The molecule has 1 heterocycles. The van der Waals surface area contributed by atoms with Gasteiger partial charge in [0.05, 0.1) is 6.10 Å². The number of aromatic hydroxyl groups is 1. The summed E-state index contributed by atoms with van der Waals surface area (Å²) >= 11 is 0. The van der Waals surface area contributed by atoms with E-state index in [1.165, 1.54) is 4.90 Å². The van der Waals surface area contributed by atoms with Gasteiger partial charge < -0.3 is 25.0 Å². The van der Waals surface area contributed by atoms with Gasteiger partial charge in [0.1, 0.15) is 11.8 Å². The van der Waals surface area contributed by atoms with Gasteiger partial charge in [-0.15, -0.1) is 0 Å². The van der Waals surface area contributed by atoms with Crippen molar-refractivity contribution in [1.82, 2.24) is 15.1 Å². The lowest BCUT2D eigenvalue weighted by Crippen LogP contribution is -2.55. The van der Waals surface area contributed by atoms with Crippen molar-refractivity contribution in [1.29, 1.82) is 0 Å². The van der Waals surface area contributed by atoms with Gasteiger partial charge in [0.25, 0.3) is 0 Å². The maximum Gasteiger partial charge on any atom is 0.329 e. The van der Waals surface area contributed by atoms with Crippen LogP contribution in [-0.2, 0) is 16.0 Å². The molecule has 1 aromatic rings. The summed E-state index contributed by atoms with van der Waals surface area (Å²) in [5.74, 6) is -0.260. The fourth-order valence-electron chi connectivity index (χ4n) is 2.76. The van der Waals surface area contributed by atoms with E-state index < -0.39 is 12.0 Å². The lowest BCUT2D eigenvalue weighted by atomic mass is 10.0. The molecule has 1 atom stereocenters. The van der Waals surface area contributed by atoms with Gasteiger partial charge in [0, 0.05) is 39.6 Å². The van der Waals surface area contributed by atoms with Gasteiger partial charge >= 0.3 is 12.0 Å². The number of esters is 1. The van der Waals surface area contributed by atoms with Crippen LogP contribution in [0.1, 0.15) is 19.4 Å². The molecule has 1 aliphatic heterocycles. The highest BCUT2D eigenvalue weighted by Gasteiger charge is 2.32. The van der Waals surface area contributed by atoms with Gasteiger partial charge in [0.2, 0.25) is 0 Å². The first-order chi connectivity index (χ1) is 11.9. The van der Waals surface area contributed by atoms with E-state index in [1.54, 1.807) is 50.1 Å². The molecular weight excluding hydrogens is 322 g/mol. The number of rotatable bonds is 5. The van der Waals surface area contributed by atoms with Gasteiger partial charge in [0.15, 0.2) is 0 Å². The molecule has 0 unspecified atom stereocenters. The number of nitrogens with one attached hydrogen (secondary N) is 1. The molecule has 0 spiro atoms. The largest absolute Gasteiger partial charge is 0.508 e. The molecule has 25 heavy (non-hydrogen) atoms. The first-order valence-corrected chi connectivity index (χ1v) is 8.59. The van der Waals surface area contributed by atoms with Crippen LogP contribution in [0.3, 0.4) is 0 Å². The summed E-state index contributed by atoms with van der Waals surface area (Å²) < 4.78 is 5.35. The Bertz CT molecular complexity index is 582. The third-order valence-corrected chi connectivity index (χ3v) is 4.15. The number of likely N-dealkylation sites (N-methyl/N-ethyl adjacent to an activating group) is 1. The minimum atomic E-state index is -0.714. The summed E-state index contributed by atoms with van der Waals surface area (Å²) in [5.41, 5.74) is 0.850. The van der Waals surface area contributed by atoms with Crippen LogP contribution in [0.25, 0.3) is 0 Å². The molecular formula is C18H27N3O4. The Morgan fingerprint density at radius 2 is 1.84 bits per heavy atom. The van der Waals surface area contributed by atoms with Crippen molar-refractivity contribution in [3.05, 3.63) is 29.8 Å². The Morgan fingerprint density at radius 3 is 2.40 bits per heavy atom. The summed E-state index contributed by atoms with van der Waals surface area (Å²) in [6, 6.07) is 5.74. The van der Waals surface area contributed by atoms with Gasteiger partial charge in [-0.1, -0.05) is 12.1 Å². The summed E-state index contributed by atoms with van der Waals surface area (Å²) in [6.45, 7) is 6.31. The van der Waals surface area contributed by atoms with Crippen LogP contribution in [0, 0.1) is 0 Å². The van der Waals surface area contributed by atoms with Crippen molar-refractivity contribution < 1.29 is 19.4 Å². The Kier molecular flexibility index (Phi) is 6.64. The highest BCUT2D eigenvalue weighted by Crippen LogP contribution is 2.16. The number of carbonyl (C=O) groups is 2. The van der Waals surface area contributed by atoms with E-state index in [0.717, 1.165) is 18.7 Å². The summed E-state index contributed by atoms with van der Waals surface area (Å²) in [7, 11) is 1.64. The summed E-state index contributed by atoms with van der Waals surface area (Å²) in [6.07, 6.45) is 0.0812. The van der Waals surface area contributed by atoms with Crippen molar-refractivity contribution in [2.24, 2.45) is 0 Å². The van der Waals surface area contributed by atoms with Crippen molar-refractivity contribution in [2.45, 2.75) is 32.4 Å². The van der Waals surface area contributed by atoms with Crippen LogP contribution in [0.15, 0.2) is 24.3 Å². The van der Waals surface area contributed by atoms with Crippen molar-refractivity contribution in [3.8, 4) is 5.75 Å². The second-order valence-electron chi connectivity index (χ2n) is 6.50. The molecule has 0 aliphatic carbocycles. The zero-order valence-electron chi connectivity index (χ0n) is 15.1. The van der Waals surface area contributed by atoms with Gasteiger partial charge in [-0.25, -0.2) is 9.59 Å². The Labute approximate surface area is 148 Å². The lowest BCUT2D eigenvalue weighted by molar-refractivity contribution is -0.152. The normalized spacial score (nSPS) is 15.8. The standard InChI is InChI=1S/C18H27N3O4/c1-13(2)25-17(23)16(12-14-4-6-15(22)7-5-14)20(3)18(24)21-10-8-19-9-11-21/h4-7,13,16,19,22H,8-12H2,1-3H3/t16-/m0/s1. The molecule has 2 N–H and O–H groups in total. The van der Waals surface area contributed by atoms with Crippen LogP contribution in [0.5, 0.6) is 5.75 Å². The first-order valence-electron chi connectivity index (χ1n) is 8.59. The molecule has 0 radical (unpaired) electrons. The zero-order chi connectivity index (χ0) is 18.4. The van der Waals surface area contributed by atoms with E-state index in [2.05, 4.69) is 5.32 Å². The van der Waals surface area contributed by atoms with Crippen molar-refractivity contribution in [3.63, 3.8) is 0 Å². The molecule has 0 aromatic heterocycles.